The molecule has 2 aliphatic rings. The lowest BCUT2D eigenvalue weighted by Crippen LogP contribution is -2.60. The van der Waals surface area contributed by atoms with Crippen LogP contribution in [0.15, 0.2) is 4.99 Å². The number of aliphatic hydroxyl groups excluding tert-OH is 3. The van der Waals surface area contributed by atoms with Gasteiger partial charge in [-0.25, -0.2) is 4.79 Å². The van der Waals surface area contributed by atoms with Crippen LogP contribution in [0.5, 0.6) is 0 Å². The minimum Gasteiger partial charge on any atom is -0.478 e. The van der Waals surface area contributed by atoms with E-state index in [1.54, 1.807) is 6.92 Å². The summed E-state index contributed by atoms with van der Waals surface area (Å²) in [6, 6.07) is 0. The number of carbonyl (C=O) groups is 1. The normalized spacial score (nSPS) is 41.1. The maximum absolute atomic E-state index is 11.5. The number of aliphatic carboxylic acids is 1. The first-order valence-corrected chi connectivity index (χ1v) is 6.22. The highest BCUT2D eigenvalue weighted by Gasteiger charge is 2.50. The molecule has 1 fully saturated rings. The largest absolute Gasteiger partial charge is 0.478 e. The average Bonchev–Trinajstić information content (AvgIpc) is 2.66. The second kappa shape index (κ2) is 5.62. The van der Waals surface area contributed by atoms with Gasteiger partial charge in [-0.2, -0.15) is 0 Å². The minimum atomic E-state index is -1.78. The molecule has 0 amide bonds. The molecule has 2 aliphatic heterocycles. The number of ether oxygens (including phenoxy) is 2. The Morgan fingerprint density at radius 2 is 2.25 bits per heavy atom. The maximum Gasteiger partial charge on any atom is 0.357 e. The van der Waals surface area contributed by atoms with Crippen molar-refractivity contribution in [2.45, 2.75) is 43.7 Å². The molecule has 2 heterocycles. The Morgan fingerprint density at radius 1 is 1.55 bits per heavy atom. The molecule has 0 unspecified atom stereocenters. The molecule has 0 aliphatic carbocycles. The van der Waals surface area contributed by atoms with E-state index in [9.17, 15) is 20.1 Å². The number of aliphatic imine (C=N–C) groups is 1. The van der Waals surface area contributed by atoms with Crippen LogP contribution < -0.4 is 5.32 Å². The molecule has 0 aromatic rings. The van der Waals surface area contributed by atoms with Crippen LogP contribution in [0.3, 0.4) is 0 Å². The van der Waals surface area contributed by atoms with Crippen molar-refractivity contribution in [3.05, 3.63) is 0 Å². The number of hydrogen-bond donors (Lipinski definition) is 5. The zero-order valence-electron chi connectivity index (χ0n) is 10.9. The molecular weight excluding hydrogens is 272 g/mol. The van der Waals surface area contributed by atoms with Gasteiger partial charge in [-0.3, -0.25) is 4.99 Å². The molecule has 0 aromatic carbocycles. The fraction of sp³-hybridized carbons (Fsp3) is 0.818. The van der Waals surface area contributed by atoms with E-state index in [2.05, 4.69) is 10.3 Å². The number of nitrogens with zero attached hydrogens (tertiary/aromatic N) is 1. The summed E-state index contributed by atoms with van der Waals surface area (Å²) >= 11 is 0. The van der Waals surface area contributed by atoms with Crippen LogP contribution in [0.1, 0.15) is 13.3 Å². The smallest absolute Gasteiger partial charge is 0.357 e. The Balaban J connectivity index is 2.14. The van der Waals surface area contributed by atoms with E-state index in [1.165, 1.54) is 0 Å². The molecule has 5 N–H and O–H groups in total. The van der Waals surface area contributed by atoms with E-state index in [-0.39, 0.29) is 13.0 Å². The zero-order valence-corrected chi connectivity index (χ0v) is 10.9. The summed E-state index contributed by atoms with van der Waals surface area (Å²) < 4.78 is 10.5. The molecule has 2 rings (SSSR count). The second-order valence-electron chi connectivity index (χ2n) is 4.80. The average molecular weight is 290 g/mol. The molecular formula is C11H18N2O7. The van der Waals surface area contributed by atoms with E-state index in [0.29, 0.717) is 5.84 Å². The van der Waals surface area contributed by atoms with E-state index in [1.807, 2.05) is 0 Å². The highest BCUT2D eigenvalue weighted by Crippen LogP contribution is 2.28. The molecule has 0 spiro atoms. The lowest BCUT2D eigenvalue weighted by atomic mass is 10.1. The predicted molar refractivity (Wildman–Crippen MR) is 64.9 cm³/mol. The van der Waals surface area contributed by atoms with Crippen LogP contribution in [-0.2, 0) is 14.3 Å². The van der Waals surface area contributed by atoms with Gasteiger partial charge in [-0.15, -0.1) is 0 Å². The van der Waals surface area contributed by atoms with Gasteiger partial charge < -0.3 is 35.2 Å². The molecule has 114 valence electrons. The van der Waals surface area contributed by atoms with Gasteiger partial charge in [0, 0.05) is 13.0 Å². The third-order valence-electron chi connectivity index (χ3n) is 3.36. The van der Waals surface area contributed by atoms with Crippen molar-refractivity contribution in [1.82, 2.24) is 5.32 Å². The molecule has 0 aromatic heterocycles. The molecule has 1 saturated heterocycles. The monoisotopic (exact) mass is 290 g/mol. The predicted octanol–water partition coefficient (Wildman–Crippen LogP) is -2.37. The van der Waals surface area contributed by atoms with Crippen LogP contribution in [0.2, 0.25) is 0 Å². The Labute approximate surface area is 114 Å². The third-order valence-corrected chi connectivity index (χ3v) is 3.36. The molecule has 9 nitrogen and oxygen atoms in total. The summed E-state index contributed by atoms with van der Waals surface area (Å²) in [6.45, 7) is 1.34. The van der Waals surface area contributed by atoms with E-state index in [4.69, 9.17) is 14.6 Å². The van der Waals surface area contributed by atoms with Crippen LogP contribution in [0.25, 0.3) is 0 Å². The summed E-state index contributed by atoms with van der Waals surface area (Å²) in [7, 11) is 0. The van der Waals surface area contributed by atoms with Gasteiger partial charge >= 0.3 is 5.97 Å². The molecule has 0 bridgehead atoms. The van der Waals surface area contributed by atoms with Gasteiger partial charge in [0.15, 0.2) is 6.29 Å². The van der Waals surface area contributed by atoms with Crippen molar-refractivity contribution in [3.8, 4) is 0 Å². The lowest BCUT2D eigenvalue weighted by molar-refractivity contribution is -0.241. The summed E-state index contributed by atoms with van der Waals surface area (Å²) in [5, 5.41) is 40.4. The molecule has 0 radical (unpaired) electrons. The van der Waals surface area contributed by atoms with Gasteiger partial charge in [-0.05, 0) is 6.92 Å². The summed E-state index contributed by atoms with van der Waals surface area (Å²) in [5.41, 5.74) is -1.78. The van der Waals surface area contributed by atoms with E-state index in [0.717, 1.165) is 0 Å². The Morgan fingerprint density at radius 3 is 2.75 bits per heavy atom. The first kappa shape index (κ1) is 15.1. The second-order valence-corrected chi connectivity index (χ2v) is 4.80. The summed E-state index contributed by atoms with van der Waals surface area (Å²) in [6.07, 6.45) is -5.10. The zero-order chi connectivity index (χ0) is 14.9. The first-order valence-electron chi connectivity index (χ1n) is 6.22. The lowest BCUT2D eigenvalue weighted by Gasteiger charge is -2.36. The summed E-state index contributed by atoms with van der Waals surface area (Å²) in [5.74, 6) is -0.880. The molecule has 9 heteroatoms. The molecule has 5 atom stereocenters. The van der Waals surface area contributed by atoms with Gasteiger partial charge in [0.25, 0.3) is 0 Å². The number of carboxylic acids is 1. The van der Waals surface area contributed by atoms with Crippen LogP contribution in [0, 0.1) is 0 Å². The fourth-order valence-electron chi connectivity index (χ4n) is 2.24. The number of carboxylic acid groups (broad SMARTS) is 1. The number of rotatable bonds is 4. The number of nitrogens with one attached hydrogen (secondary N) is 1. The van der Waals surface area contributed by atoms with Crippen LogP contribution in [0.4, 0.5) is 0 Å². The SMILES string of the molecule is CC1=NCC[C@@](O[C@@H]2O[C@H](CO)[C@@H](O)[C@H]2O)(C(=O)O)N1. The van der Waals surface area contributed by atoms with Crippen molar-refractivity contribution in [3.63, 3.8) is 0 Å². The first-order chi connectivity index (χ1) is 9.39. The van der Waals surface area contributed by atoms with Crippen molar-refractivity contribution in [1.29, 1.82) is 0 Å². The number of aliphatic hydroxyl groups is 3. The van der Waals surface area contributed by atoms with Gasteiger partial charge in [0.05, 0.1) is 12.4 Å². The summed E-state index contributed by atoms with van der Waals surface area (Å²) in [4.78, 5) is 15.5. The standard InChI is InChI=1S/C11H18N2O7/c1-5-12-3-2-11(13-5,10(17)18)20-9-8(16)7(15)6(4-14)19-9/h6-9,14-16H,2-4H2,1H3,(H,12,13)(H,17,18)/t6-,7-,8-,9+,11-/m1/s1. The fourth-order valence-corrected chi connectivity index (χ4v) is 2.24. The quantitative estimate of drug-likeness (QED) is 0.387. The van der Waals surface area contributed by atoms with E-state index >= 15 is 0 Å². The Hall–Kier alpha value is -1.26. The highest BCUT2D eigenvalue weighted by atomic mass is 16.7. The van der Waals surface area contributed by atoms with Crippen molar-refractivity contribution < 1.29 is 34.7 Å². The van der Waals surface area contributed by atoms with Crippen molar-refractivity contribution in [2.24, 2.45) is 4.99 Å². The van der Waals surface area contributed by atoms with Gasteiger partial charge in [0.1, 0.15) is 18.3 Å². The van der Waals surface area contributed by atoms with Crippen molar-refractivity contribution in [2.75, 3.05) is 13.2 Å². The Kier molecular flexibility index (Phi) is 4.25. The highest BCUT2D eigenvalue weighted by molar-refractivity contribution is 5.88. The minimum absolute atomic E-state index is 0.0478. The molecule has 0 saturated carbocycles. The number of amidine groups is 1. The van der Waals surface area contributed by atoms with Gasteiger partial charge in [0.2, 0.25) is 5.72 Å². The van der Waals surface area contributed by atoms with Crippen LogP contribution >= 0.6 is 0 Å². The third kappa shape index (κ3) is 2.63. The Bertz CT molecular complexity index is 416. The molecule has 20 heavy (non-hydrogen) atoms. The van der Waals surface area contributed by atoms with Crippen LogP contribution in [-0.4, -0.2) is 75.7 Å². The van der Waals surface area contributed by atoms with E-state index < -0.39 is 42.9 Å². The van der Waals surface area contributed by atoms with Gasteiger partial charge in [-0.1, -0.05) is 0 Å². The maximum atomic E-state index is 11.5. The van der Waals surface area contributed by atoms with Crippen molar-refractivity contribution >= 4 is 11.8 Å². The number of hydrogen-bond acceptors (Lipinski definition) is 8. The topological polar surface area (TPSA) is 141 Å².